The second kappa shape index (κ2) is 10.4. The summed E-state index contributed by atoms with van der Waals surface area (Å²) in [6.45, 7) is 0. The van der Waals surface area contributed by atoms with Crippen molar-refractivity contribution in [2.24, 2.45) is 0 Å². The van der Waals surface area contributed by atoms with Gasteiger partial charge in [-0.25, -0.2) is 8.42 Å². The number of hydrogen-bond donors (Lipinski definition) is 2. The van der Waals surface area contributed by atoms with Gasteiger partial charge in [0.25, 0.3) is 21.6 Å². The first-order valence-electron chi connectivity index (χ1n) is 9.93. The van der Waals surface area contributed by atoms with Gasteiger partial charge in [-0.05, 0) is 47.4 Å². The molecule has 0 aliphatic heterocycles. The van der Waals surface area contributed by atoms with E-state index in [4.69, 9.17) is 0 Å². The van der Waals surface area contributed by atoms with Crippen LogP contribution >= 0.6 is 22.7 Å². The molecule has 0 saturated heterocycles. The smallest absolute Gasteiger partial charge is 0.269 e. The molecule has 2 N–H and O–H groups in total. The van der Waals surface area contributed by atoms with E-state index >= 15 is 0 Å². The Balaban J connectivity index is 1.49. The van der Waals surface area contributed by atoms with Crippen molar-refractivity contribution >= 4 is 61.2 Å². The molecule has 11 nitrogen and oxygen atoms in total. The van der Waals surface area contributed by atoms with Crippen LogP contribution in [0.1, 0.15) is 5.56 Å². The Morgan fingerprint density at radius 2 is 1.89 bits per heavy atom. The highest BCUT2D eigenvalue weighted by molar-refractivity contribution is 7.92. The number of amides is 1. The minimum Gasteiger partial charge on any atom is -0.296 e. The summed E-state index contributed by atoms with van der Waals surface area (Å²) in [6.07, 6.45) is 1.31. The Hall–Kier alpha value is -4.45. The minimum absolute atomic E-state index is 0.162. The molecule has 180 valence electrons. The predicted octanol–water partition coefficient (Wildman–Crippen LogP) is 4.52. The highest BCUT2D eigenvalue weighted by Crippen LogP contribution is 2.30. The zero-order chi connectivity index (χ0) is 25.7. The largest absolute Gasteiger partial charge is 0.296 e. The van der Waals surface area contributed by atoms with E-state index in [1.165, 1.54) is 40.9 Å². The molecule has 0 aliphatic carbocycles. The summed E-state index contributed by atoms with van der Waals surface area (Å²) < 4.78 is 27.7. The van der Waals surface area contributed by atoms with Gasteiger partial charge in [-0.2, -0.15) is 5.26 Å². The van der Waals surface area contributed by atoms with Crippen LogP contribution in [0.2, 0.25) is 0 Å². The van der Waals surface area contributed by atoms with Gasteiger partial charge in [-0.3, -0.25) is 24.9 Å². The Morgan fingerprint density at radius 1 is 1.11 bits per heavy atom. The molecule has 2 aromatic carbocycles. The fourth-order valence-electron chi connectivity index (χ4n) is 2.91. The number of nitro benzene ring substituents is 1. The van der Waals surface area contributed by atoms with Crippen molar-refractivity contribution in [3.8, 4) is 16.0 Å². The Kier molecular flexibility index (Phi) is 7.15. The van der Waals surface area contributed by atoms with Crippen LogP contribution in [-0.4, -0.2) is 29.4 Å². The van der Waals surface area contributed by atoms with Crippen LogP contribution < -0.4 is 10.0 Å². The average molecular weight is 539 g/mol. The number of nitrogens with zero attached hydrogens (tertiary/aromatic N) is 4. The first kappa shape index (κ1) is 24.7. The fraction of sp³-hybridized carbons (Fsp3) is 0. The minimum atomic E-state index is -4.03. The summed E-state index contributed by atoms with van der Waals surface area (Å²) in [6, 6.07) is 16.1. The van der Waals surface area contributed by atoms with Crippen LogP contribution in [0.4, 0.5) is 16.5 Å². The number of rotatable bonds is 8. The second-order valence-corrected chi connectivity index (χ2v) is 10.6. The Morgan fingerprint density at radius 3 is 2.56 bits per heavy atom. The van der Waals surface area contributed by atoms with Gasteiger partial charge in [0.15, 0.2) is 5.01 Å². The third-order valence-corrected chi connectivity index (χ3v) is 7.83. The van der Waals surface area contributed by atoms with E-state index in [1.54, 1.807) is 12.1 Å². The van der Waals surface area contributed by atoms with Crippen LogP contribution in [0.3, 0.4) is 0 Å². The summed E-state index contributed by atoms with van der Waals surface area (Å²) in [5.74, 6) is -0.691. The number of nitriles is 1. The first-order chi connectivity index (χ1) is 17.2. The number of hydrogen-bond acceptors (Lipinski definition) is 10. The third-order valence-electron chi connectivity index (χ3n) is 4.55. The van der Waals surface area contributed by atoms with E-state index in [0.29, 0.717) is 10.6 Å². The number of carbonyl (C=O) groups is 1. The molecule has 0 fully saturated rings. The molecule has 0 unspecified atom stereocenters. The standard InChI is InChI=1S/C22H14N6O5S3/c23-13-15(20(29)24-22-26-25-21(35-22)19-5-2-10-34-19)11-14-3-1-4-16(12-14)27-36(32,33)18-8-6-17(7-9-18)28(30)31/h1-12,27H,(H,24,26,29)/b15-11+. The van der Waals surface area contributed by atoms with Crippen molar-refractivity contribution in [3.05, 3.63) is 87.3 Å². The lowest BCUT2D eigenvalue weighted by Gasteiger charge is -2.09. The lowest BCUT2D eigenvalue weighted by molar-refractivity contribution is -0.384. The highest BCUT2D eigenvalue weighted by atomic mass is 32.2. The Labute approximate surface area is 212 Å². The van der Waals surface area contributed by atoms with Crippen LogP contribution in [0.25, 0.3) is 16.0 Å². The summed E-state index contributed by atoms with van der Waals surface area (Å²) in [4.78, 5) is 23.5. The van der Waals surface area contributed by atoms with E-state index in [0.717, 1.165) is 29.1 Å². The van der Waals surface area contributed by atoms with E-state index in [1.807, 2.05) is 23.6 Å². The SMILES string of the molecule is N#C/C(=C\c1cccc(NS(=O)(=O)c2ccc([N+](=O)[O-])cc2)c1)C(=O)Nc1nnc(-c2cccs2)s1. The summed E-state index contributed by atoms with van der Waals surface area (Å²) >= 11 is 2.65. The highest BCUT2D eigenvalue weighted by Gasteiger charge is 2.17. The molecule has 0 aliphatic rings. The first-order valence-corrected chi connectivity index (χ1v) is 13.1. The van der Waals surface area contributed by atoms with Crippen LogP contribution in [0.15, 0.2) is 76.5 Å². The molecule has 1 amide bonds. The van der Waals surface area contributed by atoms with Crippen LogP contribution in [0.5, 0.6) is 0 Å². The van der Waals surface area contributed by atoms with E-state index in [2.05, 4.69) is 20.2 Å². The van der Waals surface area contributed by atoms with Crippen molar-refractivity contribution in [2.45, 2.75) is 4.90 Å². The number of benzene rings is 2. The van der Waals surface area contributed by atoms with Crippen molar-refractivity contribution in [1.29, 1.82) is 5.26 Å². The molecule has 0 spiro atoms. The van der Waals surface area contributed by atoms with Crippen LogP contribution in [-0.2, 0) is 14.8 Å². The van der Waals surface area contributed by atoms with Gasteiger partial charge < -0.3 is 0 Å². The van der Waals surface area contributed by atoms with E-state index < -0.39 is 20.9 Å². The van der Waals surface area contributed by atoms with Gasteiger partial charge in [-0.1, -0.05) is 29.5 Å². The monoisotopic (exact) mass is 538 g/mol. The predicted molar refractivity (Wildman–Crippen MR) is 136 cm³/mol. The average Bonchev–Trinajstić information content (AvgIpc) is 3.55. The number of aromatic nitrogens is 2. The molecule has 2 heterocycles. The zero-order valence-electron chi connectivity index (χ0n) is 18.0. The van der Waals surface area contributed by atoms with Gasteiger partial charge in [0.2, 0.25) is 5.13 Å². The molecule has 2 aromatic heterocycles. The molecule has 0 bridgehead atoms. The number of carbonyl (C=O) groups excluding carboxylic acids is 1. The van der Waals surface area contributed by atoms with E-state index in [-0.39, 0.29) is 27.0 Å². The molecular formula is C22H14N6O5S3. The zero-order valence-corrected chi connectivity index (χ0v) is 20.4. The number of nitrogens with one attached hydrogen (secondary N) is 2. The molecular weight excluding hydrogens is 524 g/mol. The van der Waals surface area contributed by atoms with E-state index in [9.17, 15) is 28.6 Å². The normalized spacial score (nSPS) is 11.5. The maximum absolute atomic E-state index is 12.6. The third kappa shape index (κ3) is 5.78. The molecule has 0 saturated carbocycles. The van der Waals surface area contributed by atoms with Crippen molar-refractivity contribution in [3.63, 3.8) is 0 Å². The number of thiophene rings is 1. The lowest BCUT2D eigenvalue weighted by atomic mass is 10.1. The van der Waals surface area contributed by atoms with Gasteiger partial charge in [0.05, 0.1) is 14.7 Å². The Bertz CT molecular complexity index is 1600. The van der Waals surface area contributed by atoms with Gasteiger partial charge >= 0.3 is 0 Å². The molecule has 0 radical (unpaired) electrons. The lowest BCUT2D eigenvalue weighted by Crippen LogP contribution is -2.13. The summed E-state index contributed by atoms with van der Waals surface area (Å²) in [5.41, 5.74) is 0.101. The van der Waals surface area contributed by atoms with Crippen molar-refractivity contribution in [2.75, 3.05) is 10.0 Å². The number of sulfonamides is 1. The fourth-order valence-corrected chi connectivity index (χ4v) is 5.49. The molecule has 4 rings (SSSR count). The molecule has 36 heavy (non-hydrogen) atoms. The number of non-ortho nitro benzene ring substituents is 1. The van der Waals surface area contributed by atoms with Crippen LogP contribution in [0, 0.1) is 21.4 Å². The summed E-state index contributed by atoms with van der Waals surface area (Å²) in [5, 5.41) is 33.5. The van der Waals surface area contributed by atoms with Gasteiger partial charge in [0.1, 0.15) is 11.6 Å². The molecule has 14 heteroatoms. The maximum atomic E-state index is 12.6. The van der Waals surface area contributed by atoms with Gasteiger partial charge in [0, 0.05) is 17.8 Å². The second-order valence-electron chi connectivity index (χ2n) is 7.00. The quantitative estimate of drug-likeness (QED) is 0.143. The summed E-state index contributed by atoms with van der Waals surface area (Å²) in [7, 11) is -4.03. The molecule has 0 atom stereocenters. The number of nitro groups is 1. The van der Waals surface area contributed by atoms with Crippen molar-refractivity contribution < 1.29 is 18.1 Å². The van der Waals surface area contributed by atoms with Gasteiger partial charge in [-0.15, -0.1) is 21.5 Å². The number of anilines is 2. The molecule has 4 aromatic rings. The maximum Gasteiger partial charge on any atom is 0.269 e. The van der Waals surface area contributed by atoms with Crippen molar-refractivity contribution in [1.82, 2.24) is 10.2 Å². The topological polar surface area (TPSA) is 168 Å².